The number of carbonyl (C=O) groups is 1. The highest BCUT2D eigenvalue weighted by Crippen LogP contribution is 2.35. The summed E-state index contributed by atoms with van der Waals surface area (Å²) in [7, 11) is 6.52. The van der Waals surface area contributed by atoms with Crippen LogP contribution in [0.3, 0.4) is 0 Å². The molecule has 0 unspecified atom stereocenters. The predicted octanol–water partition coefficient (Wildman–Crippen LogP) is 2.10. The van der Waals surface area contributed by atoms with Gasteiger partial charge in [0.15, 0.2) is 11.5 Å². The first-order chi connectivity index (χ1) is 9.53. The van der Waals surface area contributed by atoms with Crippen LogP contribution in [0.25, 0.3) is 0 Å². The maximum atomic E-state index is 11.8. The summed E-state index contributed by atoms with van der Waals surface area (Å²) in [5, 5.41) is 0. The highest BCUT2D eigenvalue weighted by atomic mass is 16.5. The van der Waals surface area contributed by atoms with Gasteiger partial charge in [-0.3, -0.25) is 0 Å². The highest BCUT2D eigenvalue weighted by molar-refractivity contribution is 5.96. The lowest BCUT2D eigenvalue weighted by molar-refractivity contribution is 0.0601. The fourth-order valence-corrected chi connectivity index (χ4v) is 1.53. The molecule has 0 aliphatic heterocycles. The Balaban J connectivity index is 3.35. The third-order valence-electron chi connectivity index (χ3n) is 2.41. The largest absolute Gasteiger partial charge is 0.493 e. The Morgan fingerprint density at radius 1 is 1.30 bits per heavy atom. The van der Waals surface area contributed by atoms with Gasteiger partial charge in [-0.05, 0) is 6.92 Å². The molecule has 20 heavy (non-hydrogen) atoms. The first-order valence-electron chi connectivity index (χ1n) is 6.17. The number of methoxy groups -OCH3 is 2. The summed E-state index contributed by atoms with van der Waals surface area (Å²) < 4.78 is 15.5. The predicted molar refractivity (Wildman–Crippen MR) is 77.3 cm³/mol. The second-order valence-electron chi connectivity index (χ2n) is 4.15. The number of nitrogens with zero attached hydrogens (tertiary/aromatic N) is 2. The number of esters is 1. The van der Waals surface area contributed by atoms with E-state index in [0.717, 1.165) is 0 Å². The molecule has 1 rings (SSSR count). The summed E-state index contributed by atoms with van der Waals surface area (Å²) in [6, 6.07) is 3.23. The molecule has 0 atom stereocenters. The highest BCUT2D eigenvalue weighted by Gasteiger charge is 2.17. The van der Waals surface area contributed by atoms with Crippen LogP contribution in [0.15, 0.2) is 17.1 Å². The molecule has 0 radical (unpaired) electrons. The minimum atomic E-state index is -0.475. The van der Waals surface area contributed by atoms with E-state index in [1.807, 2.05) is 21.0 Å². The molecule has 0 amide bonds. The topological polar surface area (TPSA) is 60.4 Å². The van der Waals surface area contributed by atoms with E-state index in [0.29, 0.717) is 29.4 Å². The Labute approximate surface area is 119 Å². The van der Waals surface area contributed by atoms with Gasteiger partial charge in [0, 0.05) is 26.2 Å². The number of rotatable bonds is 6. The zero-order chi connectivity index (χ0) is 15.1. The fraction of sp³-hybridized carbons (Fsp3) is 0.429. The van der Waals surface area contributed by atoms with Gasteiger partial charge in [-0.2, -0.15) is 0 Å². The molecule has 6 nitrogen and oxygen atoms in total. The number of ether oxygens (including phenoxy) is 3. The Morgan fingerprint density at radius 3 is 2.50 bits per heavy atom. The van der Waals surface area contributed by atoms with Gasteiger partial charge >= 0.3 is 5.97 Å². The molecule has 0 bridgehead atoms. The van der Waals surface area contributed by atoms with Crippen LogP contribution in [-0.2, 0) is 4.74 Å². The third-order valence-corrected chi connectivity index (χ3v) is 2.41. The number of aliphatic imine (C=N–C) groups is 1. The summed E-state index contributed by atoms with van der Waals surface area (Å²) in [5.74, 6) is 0.530. The van der Waals surface area contributed by atoms with Gasteiger partial charge in [-0.1, -0.05) is 0 Å². The van der Waals surface area contributed by atoms with Gasteiger partial charge in [-0.25, -0.2) is 9.79 Å². The van der Waals surface area contributed by atoms with Gasteiger partial charge in [-0.15, -0.1) is 0 Å². The minimum Gasteiger partial charge on any atom is -0.493 e. The van der Waals surface area contributed by atoms with Gasteiger partial charge < -0.3 is 19.1 Å². The van der Waals surface area contributed by atoms with Crippen LogP contribution >= 0.6 is 0 Å². The molecule has 0 aliphatic carbocycles. The normalized spacial score (nSPS) is 10.4. The van der Waals surface area contributed by atoms with Crippen molar-refractivity contribution in [2.45, 2.75) is 6.92 Å². The maximum Gasteiger partial charge on any atom is 0.340 e. The SMILES string of the molecule is CCOc1cc(/N=C/N(C)C)c(C(=O)OC)cc1OC. The van der Waals surface area contributed by atoms with Crippen molar-refractivity contribution >= 4 is 18.0 Å². The van der Waals surface area contributed by atoms with E-state index < -0.39 is 5.97 Å². The van der Waals surface area contributed by atoms with Gasteiger partial charge in [0.05, 0.1) is 38.4 Å². The van der Waals surface area contributed by atoms with Crippen molar-refractivity contribution in [3.05, 3.63) is 17.7 Å². The van der Waals surface area contributed by atoms with Crippen LogP contribution in [0.1, 0.15) is 17.3 Å². The zero-order valence-electron chi connectivity index (χ0n) is 12.5. The Bertz CT molecular complexity index is 498. The van der Waals surface area contributed by atoms with Crippen molar-refractivity contribution in [3.63, 3.8) is 0 Å². The minimum absolute atomic E-state index is 0.325. The standard InChI is InChI=1S/C14H20N2O4/c1-6-20-13-8-11(15-9-16(2)3)10(14(17)19-5)7-12(13)18-4/h7-9H,6H2,1-5H3/b15-9+. The molecule has 0 fully saturated rings. The molecule has 6 heteroatoms. The van der Waals surface area contributed by atoms with Crippen molar-refractivity contribution in [1.82, 2.24) is 4.90 Å². The van der Waals surface area contributed by atoms with Crippen molar-refractivity contribution < 1.29 is 19.0 Å². The number of hydrogen-bond acceptors (Lipinski definition) is 5. The molecule has 0 saturated heterocycles. The lowest BCUT2D eigenvalue weighted by atomic mass is 10.1. The first kappa shape index (κ1) is 15.8. The summed E-state index contributed by atoms with van der Waals surface area (Å²) in [4.78, 5) is 17.8. The smallest absolute Gasteiger partial charge is 0.340 e. The summed E-state index contributed by atoms with van der Waals surface area (Å²) in [5.41, 5.74) is 0.792. The quantitative estimate of drug-likeness (QED) is 0.454. The molecule has 0 saturated carbocycles. The number of benzene rings is 1. The van der Waals surface area contributed by atoms with Gasteiger partial charge in [0.25, 0.3) is 0 Å². The molecule has 1 aromatic carbocycles. The maximum absolute atomic E-state index is 11.8. The van der Waals surface area contributed by atoms with Crippen LogP contribution < -0.4 is 9.47 Å². The molecule has 0 aromatic heterocycles. The monoisotopic (exact) mass is 280 g/mol. The van der Waals surface area contributed by atoms with Crippen LogP contribution in [0.2, 0.25) is 0 Å². The lowest BCUT2D eigenvalue weighted by Gasteiger charge is -2.13. The van der Waals surface area contributed by atoms with Crippen LogP contribution in [0.5, 0.6) is 11.5 Å². The summed E-state index contributed by atoms with van der Waals surface area (Å²) in [6.45, 7) is 2.36. The molecule has 0 heterocycles. The molecule has 0 spiro atoms. The van der Waals surface area contributed by atoms with Crippen molar-refractivity contribution in [2.24, 2.45) is 4.99 Å². The molecular formula is C14H20N2O4. The molecule has 110 valence electrons. The molecule has 1 aromatic rings. The molecule has 0 N–H and O–H groups in total. The van der Waals surface area contributed by atoms with E-state index in [4.69, 9.17) is 14.2 Å². The van der Waals surface area contributed by atoms with E-state index in [2.05, 4.69) is 4.99 Å². The second-order valence-corrected chi connectivity index (χ2v) is 4.15. The average molecular weight is 280 g/mol. The van der Waals surface area contributed by atoms with Crippen LogP contribution in [0.4, 0.5) is 5.69 Å². The Morgan fingerprint density at radius 2 is 2.00 bits per heavy atom. The average Bonchev–Trinajstić information content (AvgIpc) is 2.44. The molecular weight excluding hydrogens is 260 g/mol. The van der Waals surface area contributed by atoms with Crippen LogP contribution in [0, 0.1) is 0 Å². The van der Waals surface area contributed by atoms with E-state index in [1.165, 1.54) is 14.2 Å². The molecule has 0 aliphatic rings. The number of hydrogen-bond donors (Lipinski definition) is 0. The third kappa shape index (κ3) is 3.88. The Kier molecular flexibility index (Phi) is 5.83. The van der Waals surface area contributed by atoms with E-state index in [9.17, 15) is 4.79 Å². The van der Waals surface area contributed by atoms with Crippen molar-refractivity contribution in [2.75, 3.05) is 34.9 Å². The van der Waals surface area contributed by atoms with E-state index >= 15 is 0 Å². The van der Waals surface area contributed by atoms with Gasteiger partial charge in [0.1, 0.15) is 0 Å². The Hall–Kier alpha value is -2.24. The summed E-state index contributed by atoms with van der Waals surface area (Å²) >= 11 is 0. The second kappa shape index (κ2) is 7.37. The zero-order valence-corrected chi connectivity index (χ0v) is 12.5. The van der Waals surface area contributed by atoms with Crippen molar-refractivity contribution in [3.8, 4) is 11.5 Å². The van der Waals surface area contributed by atoms with Crippen LogP contribution in [-0.4, -0.2) is 52.1 Å². The summed E-state index contributed by atoms with van der Waals surface area (Å²) in [6.07, 6.45) is 1.60. The van der Waals surface area contributed by atoms with Gasteiger partial charge in [0.2, 0.25) is 0 Å². The van der Waals surface area contributed by atoms with E-state index in [-0.39, 0.29) is 0 Å². The fourth-order valence-electron chi connectivity index (χ4n) is 1.53. The lowest BCUT2D eigenvalue weighted by Crippen LogP contribution is -2.08. The van der Waals surface area contributed by atoms with E-state index in [1.54, 1.807) is 23.4 Å². The van der Waals surface area contributed by atoms with Crippen molar-refractivity contribution in [1.29, 1.82) is 0 Å². The number of carbonyl (C=O) groups excluding carboxylic acids is 1. The first-order valence-corrected chi connectivity index (χ1v) is 6.17.